The lowest BCUT2D eigenvalue weighted by atomic mass is 9.99. The second-order valence-corrected chi connectivity index (χ2v) is 6.75. The van der Waals surface area contributed by atoms with Gasteiger partial charge in [-0.15, -0.1) is 0 Å². The summed E-state index contributed by atoms with van der Waals surface area (Å²) in [5.74, 6) is 0.723. The molecule has 3 atom stereocenters. The molecule has 26 heavy (non-hydrogen) atoms. The number of aromatic amines is 1. The Bertz CT molecular complexity index is 801. The topological polar surface area (TPSA) is 57.4 Å². The lowest BCUT2D eigenvalue weighted by molar-refractivity contribution is -0.140. The zero-order chi connectivity index (χ0) is 18.3. The number of nitrogens with one attached hydrogen (secondary N) is 2. The average Bonchev–Trinajstić information content (AvgIpc) is 3.31. The molecule has 0 radical (unpaired) electrons. The lowest BCUT2D eigenvalue weighted by Crippen LogP contribution is -2.43. The van der Waals surface area contributed by atoms with Gasteiger partial charge in [0, 0.05) is 30.8 Å². The van der Waals surface area contributed by atoms with E-state index < -0.39 is 11.9 Å². The van der Waals surface area contributed by atoms with Gasteiger partial charge in [0.05, 0.1) is 0 Å². The number of amides is 1. The van der Waals surface area contributed by atoms with E-state index >= 15 is 0 Å². The number of hydrogen-bond donors (Lipinski definition) is 2. The van der Waals surface area contributed by atoms with Crippen LogP contribution in [0.5, 0.6) is 11.6 Å². The van der Waals surface area contributed by atoms with Crippen molar-refractivity contribution in [3.05, 3.63) is 47.7 Å². The van der Waals surface area contributed by atoms with E-state index in [1.54, 1.807) is 24.3 Å². The van der Waals surface area contributed by atoms with Crippen LogP contribution in [0.4, 0.5) is 13.2 Å². The molecule has 2 bridgehead atoms. The fourth-order valence-electron chi connectivity index (χ4n) is 3.60. The Morgan fingerprint density at radius 3 is 2.50 bits per heavy atom. The molecule has 2 saturated heterocycles. The van der Waals surface area contributed by atoms with Gasteiger partial charge in [0.25, 0.3) is 5.91 Å². The maximum atomic E-state index is 12.6. The number of piperidine rings is 1. The third-order valence-corrected chi connectivity index (χ3v) is 4.96. The monoisotopic (exact) mass is 365 g/mol. The summed E-state index contributed by atoms with van der Waals surface area (Å²) in [5.41, 5.74) is -0.373. The molecule has 8 heteroatoms. The number of aromatic nitrogens is 1. The number of carbonyl (C=O) groups excluding carboxylic acids is 1. The molecule has 5 nitrogen and oxygen atoms in total. The number of ether oxygens (including phenoxy) is 1. The van der Waals surface area contributed by atoms with Crippen LogP contribution in [0.15, 0.2) is 36.4 Å². The Morgan fingerprint density at radius 1 is 1.15 bits per heavy atom. The van der Waals surface area contributed by atoms with Crippen LogP contribution in [-0.4, -0.2) is 41.5 Å². The van der Waals surface area contributed by atoms with E-state index in [0.717, 1.165) is 32.1 Å². The summed E-state index contributed by atoms with van der Waals surface area (Å²) < 4.78 is 43.1. The standard InChI is InChI=1S/C18H18F3N3O2/c19-18(20,21)15-5-6-16(23-15)26-13-3-1-11(2-4-13)17(25)22-14-10-24-8-7-12(14)9-24/h1-6,12,14,23H,7-10H2,(H,22,25)/t12-,14?/m0/s1. The van der Waals surface area contributed by atoms with Crippen LogP contribution in [0.2, 0.25) is 0 Å². The Balaban J connectivity index is 1.37. The summed E-state index contributed by atoms with van der Waals surface area (Å²) in [6, 6.07) is 8.65. The second kappa shape index (κ2) is 6.35. The van der Waals surface area contributed by atoms with Crippen molar-refractivity contribution in [2.75, 3.05) is 19.6 Å². The van der Waals surface area contributed by atoms with Crippen LogP contribution in [-0.2, 0) is 6.18 Å². The van der Waals surface area contributed by atoms with Crippen LogP contribution in [0.1, 0.15) is 22.5 Å². The van der Waals surface area contributed by atoms with Gasteiger partial charge < -0.3 is 19.9 Å². The summed E-state index contributed by atoms with van der Waals surface area (Å²) in [6.07, 6.45) is -3.33. The largest absolute Gasteiger partial charge is 0.441 e. The highest BCUT2D eigenvalue weighted by molar-refractivity contribution is 5.94. The molecule has 2 aliphatic heterocycles. The van der Waals surface area contributed by atoms with Gasteiger partial charge in [0.2, 0.25) is 0 Å². The number of benzene rings is 1. The summed E-state index contributed by atoms with van der Waals surface area (Å²) in [4.78, 5) is 16.9. The number of alkyl halides is 3. The van der Waals surface area contributed by atoms with Gasteiger partial charge in [-0.2, -0.15) is 13.2 Å². The molecule has 2 fully saturated rings. The molecule has 4 rings (SSSR count). The molecule has 3 heterocycles. The Kier molecular flexibility index (Phi) is 4.14. The fraction of sp³-hybridized carbons (Fsp3) is 0.389. The molecule has 0 aliphatic carbocycles. The number of hydrogen-bond acceptors (Lipinski definition) is 3. The molecule has 2 aromatic rings. The summed E-state index contributed by atoms with van der Waals surface area (Å²) in [5, 5.41) is 3.06. The van der Waals surface area contributed by atoms with Gasteiger partial charge in [-0.1, -0.05) is 0 Å². The number of halogens is 3. The third-order valence-electron chi connectivity index (χ3n) is 4.96. The molecule has 138 valence electrons. The molecule has 2 N–H and O–H groups in total. The van der Waals surface area contributed by atoms with Gasteiger partial charge in [0.15, 0.2) is 5.88 Å². The van der Waals surface area contributed by atoms with Crippen molar-refractivity contribution >= 4 is 5.91 Å². The molecular weight excluding hydrogens is 347 g/mol. The van der Waals surface area contributed by atoms with E-state index in [4.69, 9.17) is 4.74 Å². The summed E-state index contributed by atoms with van der Waals surface area (Å²) >= 11 is 0. The van der Waals surface area contributed by atoms with E-state index in [0.29, 0.717) is 17.2 Å². The molecule has 0 spiro atoms. The van der Waals surface area contributed by atoms with Gasteiger partial charge in [-0.05, 0) is 49.2 Å². The summed E-state index contributed by atoms with van der Waals surface area (Å²) in [7, 11) is 0. The number of H-pyrrole nitrogens is 1. The zero-order valence-electron chi connectivity index (χ0n) is 13.8. The zero-order valence-corrected chi connectivity index (χ0v) is 13.8. The lowest BCUT2D eigenvalue weighted by Gasteiger charge is -2.23. The van der Waals surface area contributed by atoms with Gasteiger partial charge in [-0.3, -0.25) is 4.79 Å². The first-order chi connectivity index (χ1) is 12.4. The van der Waals surface area contributed by atoms with E-state index in [9.17, 15) is 18.0 Å². The second-order valence-electron chi connectivity index (χ2n) is 6.75. The Hall–Kier alpha value is -2.48. The van der Waals surface area contributed by atoms with Crippen LogP contribution in [0.3, 0.4) is 0 Å². The SMILES string of the molecule is O=C(NC1CN2CC[C@H]1C2)c1ccc(Oc2ccc(C(F)(F)F)[nH]2)cc1. The molecule has 2 unspecified atom stereocenters. The van der Waals surface area contributed by atoms with E-state index in [2.05, 4.69) is 15.2 Å². The first-order valence-corrected chi connectivity index (χ1v) is 8.46. The maximum Gasteiger partial charge on any atom is 0.431 e. The molecule has 1 amide bonds. The predicted molar refractivity (Wildman–Crippen MR) is 88.1 cm³/mol. The molecular formula is C18H18F3N3O2. The molecule has 1 aromatic heterocycles. The minimum atomic E-state index is -4.44. The van der Waals surface area contributed by atoms with Crippen molar-refractivity contribution in [1.29, 1.82) is 0 Å². The van der Waals surface area contributed by atoms with Crippen molar-refractivity contribution in [1.82, 2.24) is 15.2 Å². The highest BCUT2D eigenvalue weighted by Crippen LogP contribution is 2.31. The molecule has 1 aromatic carbocycles. The van der Waals surface area contributed by atoms with Gasteiger partial charge in [0.1, 0.15) is 11.4 Å². The maximum absolute atomic E-state index is 12.6. The average molecular weight is 365 g/mol. The van der Waals surface area contributed by atoms with Crippen molar-refractivity contribution < 1.29 is 22.7 Å². The van der Waals surface area contributed by atoms with Crippen LogP contribution < -0.4 is 10.1 Å². The Labute approximate surface area is 148 Å². The van der Waals surface area contributed by atoms with Crippen LogP contribution in [0.25, 0.3) is 0 Å². The Morgan fingerprint density at radius 2 is 1.92 bits per heavy atom. The highest BCUT2D eigenvalue weighted by atomic mass is 19.4. The number of fused-ring (bicyclic) bond motifs is 2. The minimum absolute atomic E-state index is 0.00874. The highest BCUT2D eigenvalue weighted by Gasteiger charge is 2.38. The van der Waals surface area contributed by atoms with E-state index in [1.165, 1.54) is 6.07 Å². The van der Waals surface area contributed by atoms with Crippen LogP contribution in [0, 0.1) is 5.92 Å². The number of rotatable bonds is 4. The summed E-state index contributed by atoms with van der Waals surface area (Å²) in [6.45, 7) is 3.05. The van der Waals surface area contributed by atoms with E-state index in [-0.39, 0.29) is 17.8 Å². The predicted octanol–water partition coefficient (Wildman–Crippen LogP) is 3.26. The van der Waals surface area contributed by atoms with Crippen LogP contribution >= 0.6 is 0 Å². The fourth-order valence-corrected chi connectivity index (χ4v) is 3.60. The van der Waals surface area contributed by atoms with E-state index in [1.807, 2.05) is 0 Å². The first kappa shape index (κ1) is 17.0. The number of nitrogens with zero attached hydrogens (tertiary/aromatic N) is 1. The smallest absolute Gasteiger partial charge is 0.431 e. The minimum Gasteiger partial charge on any atom is -0.441 e. The van der Waals surface area contributed by atoms with Gasteiger partial charge >= 0.3 is 6.18 Å². The first-order valence-electron chi connectivity index (χ1n) is 8.46. The van der Waals surface area contributed by atoms with Crippen molar-refractivity contribution in [3.63, 3.8) is 0 Å². The molecule has 0 saturated carbocycles. The van der Waals surface area contributed by atoms with Crippen molar-refractivity contribution in [3.8, 4) is 11.6 Å². The normalized spacial score (nSPS) is 24.7. The third kappa shape index (κ3) is 3.41. The number of carbonyl (C=O) groups is 1. The van der Waals surface area contributed by atoms with Gasteiger partial charge in [-0.25, -0.2) is 0 Å². The van der Waals surface area contributed by atoms with Crippen molar-refractivity contribution in [2.45, 2.75) is 18.6 Å². The quantitative estimate of drug-likeness (QED) is 0.875. The molecule has 2 aliphatic rings. The van der Waals surface area contributed by atoms with Crippen molar-refractivity contribution in [2.24, 2.45) is 5.92 Å².